The minimum atomic E-state index is 0.239. The topological polar surface area (TPSA) is 44.7 Å². The normalized spacial score (nSPS) is 24.6. The first-order valence-electron chi connectivity index (χ1n) is 11.7. The summed E-state index contributed by atoms with van der Waals surface area (Å²) in [6.07, 6.45) is 2.46. The van der Waals surface area contributed by atoms with Crippen LogP contribution in [0.4, 0.5) is 0 Å². The van der Waals surface area contributed by atoms with Crippen molar-refractivity contribution in [1.82, 2.24) is 10.2 Å². The van der Waals surface area contributed by atoms with Gasteiger partial charge in [-0.1, -0.05) is 72.8 Å². The van der Waals surface area contributed by atoms with Crippen molar-refractivity contribution in [3.8, 4) is 11.5 Å². The second-order valence-electron chi connectivity index (χ2n) is 9.04. The summed E-state index contributed by atoms with van der Waals surface area (Å²) in [4.78, 5) is 2.69. The molecule has 0 saturated carbocycles. The van der Waals surface area contributed by atoms with Crippen LogP contribution in [0.1, 0.15) is 35.4 Å². The second-order valence-corrected chi connectivity index (χ2v) is 9.04. The van der Waals surface area contributed by atoms with E-state index in [9.17, 15) is 5.11 Å². The molecule has 2 unspecified atom stereocenters. The van der Waals surface area contributed by atoms with Crippen LogP contribution >= 0.6 is 0 Å². The minimum Gasteiger partial charge on any atom is -0.504 e. The summed E-state index contributed by atoms with van der Waals surface area (Å²) in [5, 5.41) is 14.5. The van der Waals surface area contributed by atoms with Gasteiger partial charge in [-0.3, -0.25) is 4.90 Å². The average molecular weight is 429 g/mol. The highest BCUT2D eigenvalue weighted by Crippen LogP contribution is 2.42. The third kappa shape index (κ3) is 4.01. The number of hydrogen-bond donors (Lipinski definition) is 2. The molecule has 2 atom stereocenters. The van der Waals surface area contributed by atoms with E-state index in [4.69, 9.17) is 4.74 Å². The van der Waals surface area contributed by atoms with Crippen LogP contribution in [0.25, 0.3) is 0 Å². The molecule has 4 nitrogen and oxygen atoms in total. The number of fused-ring (bicyclic) bond motifs is 3. The van der Waals surface area contributed by atoms with E-state index in [-0.39, 0.29) is 5.75 Å². The minimum absolute atomic E-state index is 0.239. The van der Waals surface area contributed by atoms with E-state index in [1.165, 1.54) is 24.0 Å². The van der Waals surface area contributed by atoms with Gasteiger partial charge >= 0.3 is 0 Å². The van der Waals surface area contributed by atoms with E-state index in [1.807, 2.05) is 12.1 Å². The number of piperidine rings is 3. The predicted molar refractivity (Wildman–Crippen MR) is 128 cm³/mol. The Hall–Kier alpha value is -2.82. The summed E-state index contributed by atoms with van der Waals surface area (Å²) >= 11 is 0. The molecule has 0 radical (unpaired) electrons. The Morgan fingerprint density at radius 2 is 1.53 bits per heavy atom. The van der Waals surface area contributed by atoms with E-state index in [0.717, 1.165) is 18.7 Å². The van der Waals surface area contributed by atoms with Gasteiger partial charge in [0.2, 0.25) is 0 Å². The van der Waals surface area contributed by atoms with Gasteiger partial charge in [-0.2, -0.15) is 0 Å². The maximum absolute atomic E-state index is 10.6. The third-order valence-electron chi connectivity index (χ3n) is 7.36. The standard InChI is InChI=1S/C28H32N2O2/c1-32-24-14-8-13-23(28(24)31)19-29-26-22-15-17-30(18-16-22)27(26)25(20-9-4-2-5-10-20)21-11-6-3-7-12-21/h2-14,22,25-27,29,31H,15-19H2,1H3. The summed E-state index contributed by atoms with van der Waals surface area (Å²) in [5.74, 6) is 1.72. The van der Waals surface area contributed by atoms with Crippen LogP contribution in [-0.2, 0) is 6.54 Å². The predicted octanol–water partition coefficient (Wildman–Crippen LogP) is 4.79. The molecule has 3 aromatic rings. The molecule has 0 aromatic heterocycles. The fraction of sp³-hybridized carbons (Fsp3) is 0.357. The molecule has 2 N–H and O–H groups in total. The first-order valence-corrected chi connectivity index (χ1v) is 11.7. The number of phenolic OH excluding ortho intramolecular Hbond substituents is 1. The van der Waals surface area contributed by atoms with Crippen LogP contribution < -0.4 is 10.1 Å². The molecule has 6 rings (SSSR count). The zero-order valence-electron chi connectivity index (χ0n) is 18.7. The van der Waals surface area contributed by atoms with Crippen molar-refractivity contribution in [2.45, 2.75) is 37.4 Å². The number of nitrogens with zero attached hydrogens (tertiary/aromatic N) is 1. The Bertz CT molecular complexity index is 977. The quantitative estimate of drug-likeness (QED) is 0.568. The lowest BCUT2D eigenvalue weighted by molar-refractivity contribution is 0.00461. The molecule has 3 aromatic carbocycles. The molecule has 4 heteroatoms. The van der Waals surface area contributed by atoms with Crippen molar-refractivity contribution >= 4 is 0 Å². The second kappa shape index (κ2) is 9.35. The van der Waals surface area contributed by atoms with E-state index < -0.39 is 0 Å². The first kappa shape index (κ1) is 21.0. The molecule has 3 heterocycles. The van der Waals surface area contributed by atoms with Crippen LogP contribution in [0.3, 0.4) is 0 Å². The van der Waals surface area contributed by atoms with Crippen LogP contribution in [-0.4, -0.2) is 42.3 Å². The van der Waals surface area contributed by atoms with Gasteiger partial charge in [0.15, 0.2) is 11.5 Å². The summed E-state index contributed by atoms with van der Waals surface area (Å²) in [6, 6.07) is 28.3. The van der Waals surface area contributed by atoms with Gasteiger partial charge in [-0.15, -0.1) is 0 Å². The number of ether oxygens (including phenoxy) is 1. The molecular formula is C28H32N2O2. The highest BCUT2D eigenvalue weighted by molar-refractivity contribution is 5.45. The summed E-state index contributed by atoms with van der Waals surface area (Å²) < 4.78 is 5.32. The van der Waals surface area contributed by atoms with E-state index >= 15 is 0 Å². The van der Waals surface area contributed by atoms with E-state index in [1.54, 1.807) is 13.2 Å². The van der Waals surface area contributed by atoms with Crippen LogP contribution in [0.2, 0.25) is 0 Å². The SMILES string of the molecule is COc1cccc(CNC2C3CCN(CC3)C2C(c2ccccc2)c2ccccc2)c1O. The smallest absolute Gasteiger partial charge is 0.162 e. The third-order valence-corrected chi connectivity index (χ3v) is 7.36. The van der Waals surface area contributed by atoms with Gasteiger partial charge in [0.05, 0.1) is 7.11 Å². The van der Waals surface area contributed by atoms with Crippen molar-refractivity contribution < 1.29 is 9.84 Å². The molecular weight excluding hydrogens is 396 g/mol. The number of methoxy groups -OCH3 is 1. The molecule has 0 amide bonds. The Kier molecular flexibility index (Phi) is 6.15. The number of nitrogens with one attached hydrogen (secondary N) is 1. The molecule has 3 aliphatic heterocycles. The summed E-state index contributed by atoms with van der Waals surface area (Å²) in [7, 11) is 1.60. The summed E-state index contributed by atoms with van der Waals surface area (Å²) in [6.45, 7) is 2.95. The molecule has 3 fully saturated rings. The number of phenols is 1. The average Bonchev–Trinajstić information content (AvgIpc) is 2.86. The van der Waals surface area contributed by atoms with Crippen LogP contribution in [0.5, 0.6) is 11.5 Å². The van der Waals surface area contributed by atoms with Crippen molar-refractivity contribution in [2.24, 2.45) is 5.92 Å². The molecule has 0 aliphatic carbocycles. The molecule has 166 valence electrons. The van der Waals surface area contributed by atoms with Crippen molar-refractivity contribution in [3.05, 3.63) is 95.6 Å². The van der Waals surface area contributed by atoms with Crippen LogP contribution in [0.15, 0.2) is 78.9 Å². The molecule has 3 aliphatic rings. The Morgan fingerprint density at radius 1 is 0.906 bits per heavy atom. The fourth-order valence-corrected chi connectivity index (χ4v) is 5.80. The van der Waals surface area contributed by atoms with Gasteiger partial charge < -0.3 is 15.2 Å². The number of rotatable bonds is 7. The monoisotopic (exact) mass is 428 g/mol. The number of aromatic hydroxyl groups is 1. The lowest BCUT2D eigenvalue weighted by atomic mass is 9.70. The largest absolute Gasteiger partial charge is 0.504 e. The molecule has 32 heavy (non-hydrogen) atoms. The lowest BCUT2D eigenvalue weighted by Gasteiger charge is -2.54. The summed E-state index contributed by atoms with van der Waals surface area (Å²) in [5.41, 5.74) is 3.62. The van der Waals surface area contributed by atoms with Gasteiger partial charge in [-0.05, 0) is 49.0 Å². The lowest BCUT2D eigenvalue weighted by Crippen LogP contribution is -2.64. The van der Waals surface area contributed by atoms with E-state index in [0.29, 0.717) is 36.2 Å². The number of hydrogen-bond acceptors (Lipinski definition) is 4. The van der Waals surface area contributed by atoms with Crippen molar-refractivity contribution in [2.75, 3.05) is 20.2 Å². The highest BCUT2D eigenvalue weighted by Gasteiger charge is 2.46. The Balaban J connectivity index is 1.48. The van der Waals surface area contributed by atoms with Gasteiger partial charge in [0, 0.05) is 30.1 Å². The van der Waals surface area contributed by atoms with Gasteiger partial charge in [0.25, 0.3) is 0 Å². The zero-order valence-corrected chi connectivity index (χ0v) is 18.7. The molecule has 2 bridgehead atoms. The molecule has 0 spiro atoms. The highest BCUT2D eigenvalue weighted by atomic mass is 16.5. The molecule has 3 saturated heterocycles. The zero-order chi connectivity index (χ0) is 21.9. The number of benzene rings is 3. The maximum atomic E-state index is 10.6. The fourth-order valence-electron chi connectivity index (χ4n) is 5.80. The van der Waals surface area contributed by atoms with Crippen molar-refractivity contribution in [1.29, 1.82) is 0 Å². The van der Waals surface area contributed by atoms with E-state index in [2.05, 4.69) is 70.9 Å². The van der Waals surface area contributed by atoms with Crippen molar-refractivity contribution in [3.63, 3.8) is 0 Å². The number of para-hydroxylation sites is 1. The first-order chi connectivity index (χ1) is 15.8. The Morgan fingerprint density at radius 3 is 2.12 bits per heavy atom. The maximum Gasteiger partial charge on any atom is 0.162 e. The van der Waals surface area contributed by atoms with Crippen LogP contribution in [0, 0.1) is 5.92 Å². The Labute approximate surface area is 190 Å². The van der Waals surface area contributed by atoms with Gasteiger partial charge in [0.1, 0.15) is 0 Å². The van der Waals surface area contributed by atoms with Gasteiger partial charge in [-0.25, -0.2) is 0 Å².